The van der Waals surface area contributed by atoms with Gasteiger partial charge in [0.1, 0.15) is 6.61 Å². The van der Waals surface area contributed by atoms with E-state index in [0.717, 1.165) is 17.5 Å². The van der Waals surface area contributed by atoms with E-state index in [0.29, 0.717) is 30.6 Å². The van der Waals surface area contributed by atoms with Gasteiger partial charge in [-0.05, 0) is 60.4 Å². The Labute approximate surface area is 178 Å². The zero-order valence-corrected chi connectivity index (χ0v) is 17.8. The second kappa shape index (κ2) is 8.90. The Kier molecular flexibility index (Phi) is 6.07. The smallest absolute Gasteiger partial charge is 0.244 e. The van der Waals surface area contributed by atoms with Crippen LogP contribution < -0.4 is 14.9 Å². The molecule has 30 heavy (non-hydrogen) atoms. The Hall–Kier alpha value is -2.82. The van der Waals surface area contributed by atoms with E-state index in [2.05, 4.69) is 17.5 Å². The van der Waals surface area contributed by atoms with Crippen molar-refractivity contribution in [1.29, 1.82) is 0 Å². The molecule has 5 heteroatoms. The van der Waals surface area contributed by atoms with Crippen LogP contribution in [0.3, 0.4) is 0 Å². The van der Waals surface area contributed by atoms with Crippen molar-refractivity contribution < 1.29 is 14.3 Å². The summed E-state index contributed by atoms with van der Waals surface area (Å²) in [5.74, 6) is 2.06. The SMILES string of the molecule is CCOc1cc(/C=N/NC(=O)[C@@H]2[C@H]3CCCC[C@]32C)ccc1OCc1ccccc1. The van der Waals surface area contributed by atoms with Crippen molar-refractivity contribution in [3.05, 3.63) is 59.7 Å². The molecule has 1 N–H and O–H groups in total. The highest BCUT2D eigenvalue weighted by Gasteiger charge is 2.64. The van der Waals surface area contributed by atoms with Gasteiger partial charge in [-0.15, -0.1) is 0 Å². The molecule has 0 unspecified atom stereocenters. The van der Waals surface area contributed by atoms with Crippen LogP contribution in [-0.4, -0.2) is 18.7 Å². The summed E-state index contributed by atoms with van der Waals surface area (Å²) in [5, 5.41) is 4.20. The molecular formula is C25H30N2O3. The van der Waals surface area contributed by atoms with Gasteiger partial charge in [-0.25, -0.2) is 5.43 Å². The lowest BCUT2D eigenvalue weighted by atomic mass is 9.90. The van der Waals surface area contributed by atoms with Crippen molar-refractivity contribution in [2.45, 2.75) is 46.1 Å². The fourth-order valence-corrected chi connectivity index (χ4v) is 4.82. The molecule has 0 bridgehead atoms. The largest absolute Gasteiger partial charge is 0.490 e. The van der Waals surface area contributed by atoms with E-state index in [9.17, 15) is 4.79 Å². The third-order valence-electron chi connectivity index (χ3n) is 6.51. The Morgan fingerprint density at radius 3 is 2.73 bits per heavy atom. The van der Waals surface area contributed by atoms with Gasteiger partial charge in [-0.2, -0.15) is 5.10 Å². The molecule has 0 aliphatic heterocycles. The van der Waals surface area contributed by atoms with Crippen molar-refractivity contribution in [1.82, 2.24) is 5.43 Å². The lowest BCUT2D eigenvalue weighted by molar-refractivity contribution is -0.123. The van der Waals surface area contributed by atoms with E-state index >= 15 is 0 Å². The number of carbonyl (C=O) groups excluding carboxylic acids is 1. The van der Waals surface area contributed by atoms with Gasteiger partial charge in [0.15, 0.2) is 11.5 Å². The van der Waals surface area contributed by atoms with Crippen LogP contribution in [0.4, 0.5) is 0 Å². The lowest BCUT2D eigenvalue weighted by Gasteiger charge is -2.15. The van der Waals surface area contributed by atoms with Crippen LogP contribution in [-0.2, 0) is 11.4 Å². The molecule has 0 spiro atoms. The summed E-state index contributed by atoms with van der Waals surface area (Å²) < 4.78 is 11.7. The van der Waals surface area contributed by atoms with Crippen LogP contribution in [0.25, 0.3) is 0 Å². The molecule has 0 heterocycles. The van der Waals surface area contributed by atoms with E-state index < -0.39 is 0 Å². The number of hydrogen-bond acceptors (Lipinski definition) is 4. The minimum Gasteiger partial charge on any atom is -0.490 e. The van der Waals surface area contributed by atoms with Gasteiger partial charge < -0.3 is 9.47 Å². The van der Waals surface area contributed by atoms with E-state index in [1.165, 1.54) is 19.3 Å². The van der Waals surface area contributed by atoms with Crippen molar-refractivity contribution in [2.24, 2.45) is 22.4 Å². The van der Waals surface area contributed by atoms with Crippen LogP contribution in [0.5, 0.6) is 11.5 Å². The quantitative estimate of drug-likeness (QED) is 0.499. The molecule has 2 aliphatic rings. The van der Waals surface area contributed by atoms with Gasteiger partial charge in [0.2, 0.25) is 5.91 Å². The number of hydrazone groups is 1. The van der Waals surface area contributed by atoms with Gasteiger partial charge >= 0.3 is 0 Å². The Morgan fingerprint density at radius 2 is 2.00 bits per heavy atom. The summed E-state index contributed by atoms with van der Waals surface area (Å²) in [4.78, 5) is 12.5. The predicted molar refractivity (Wildman–Crippen MR) is 118 cm³/mol. The molecule has 2 fully saturated rings. The maximum Gasteiger partial charge on any atom is 0.244 e. The summed E-state index contributed by atoms with van der Waals surface area (Å²) in [6, 6.07) is 15.7. The Bertz CT molecular complexity index is 912. The third-order valence-corrected chi connectivity index (χ3v) is 6.51. The fraction of sp³-hybridized carbons (Fsp3) is 0.440. The zero-order valence-electron chi connectivity index (χ0n) is 17.8. The van der Waals surface area contributed by atoms with Crippen LogP contribution in [0.1, 0.15) is 50.7 Å². The van der Waals surface area contributed by atoms with Crippen molar-refractivity contribution in [2.75, 3.05) is 6.61 Å². The normalized spacial score (nSPS) is 24.9. The molecule has 0 aromatic heterocycles. The van der Waals surface area contributed by atoms with Gasteiger partial charge in [0, 0.05) is 5.92 Å². The van der Waals surface area contributed by atoms with E-state index in [-0.39, 0.29) is 17.2 Å². The lowest BCUT2D eigenvalue weighted by Crippen LogP contribution is -2.22. The minimum atomic E-state index is 0.0495. The average Bonchev–Trinajstić information content (AvgIpc) is 3.39. The number of carbonyl (C=O) groups is 1. The maximum absolute atomic E-state index is 12.5. The van der Waals surface area contributed by atoms with Crippen molar-refractivity contribution in [3.63, 3.8) is 0 Å². The molecule has 2 aromatic rings. The highest BCUT2D eigenvalue weighted by atomic mass is 16.5. The van der Waals surface area contributed by atoms with Crippen LogP contribution >= 0.6 is 0 Å². The van der Waals surface area contributed by atoms with Crippen LogP contribution in [0.15, 0.2) is 53.6 Å². The molecule has 0 saturated heterocycles. The Morgan fingerprint density at radius 1 is 1.17 bits per heavy atom. The summed E-state index contributed by atoms with van der Waals surface area (Å²) >= 11 is 0. The molecule has 1 amide bonds. The maximum atomic E-state index is 12.5. The third kappa shape index (κ3) is 4.35. The Balaban J connectivity index is 1.36. The van der Waals surface area contributed by atoms with Gasteiger partial charge in [0.25, 0.3) is 0 Å². The summed E-state index contributed by atoms with van der Waals surface area (Å²) in [6.07, 6.45) is 6.46. The molecule has 4 rings (SSSR count). The molecule has 2 saturated carbocycles. The van der Waals surface area contributed by atoms with Crippen molar-refractivity contribution in [3.8, 4) is 11.5 Å². The van der Waals surface area contributed by atoms with Crippen LogP contribution in [0.2, 0.25) is 0 Å². The number of nitrogens with zero attached hydrogens (tertiary/aromatic N) is 1. The second-order valence-electron chi connectivity index (χ2n) is 8.48. The first-order chi connectivity index (χ1) is 14.6. The zero-order chi connectivity index (χ0) is 21.0. The molecule has 2 aliphatic carbocycles. The number of ether oxygens (including phenoxy) is 2. The van der Waals surface area contributed by atoms with Gasteiger partial charge in [-0.1, -0.05) is 50.1 Å². The highest BCUT2D eigenvalue weighted by molar-refractivity contribution is 5.86. The predicted octanol–water partition coefficient (Wildman–Crippen LogP) is 4.94. The standard InChI is InChI=1S/C25H30N2O3/c1-3-29-22-15-19(12-13-21(22)30-17-18-9-5-4-6-10-18)16-26-27-24(28)23-20-11-7-8-14-25(20,23)2/h4-6,9-10,12-13,15-16,20,23H,3,7-8,11,14,17H2,1-2H3,(H,27,28)/b26-16+/t20-,23+,25-/m1/s1. The van der Waals surface area contributed by atoms with Crippen molar-refractivity contribution >= 4 is 12.1 Å². The summed E-state index contributed by atoms with van der Waals surface area (Å²) in [5.41, 5.74) is 4.89. The van der Waals surface area contributed by atoms with Gasteiger partial charge in [0.05, 0.1) is 12.8 Å². The highest BCUT2D eigenvalue weighted by Crippen LogP contribution is 2.66. The second-order valence-corrected chi connectivity index (χ2v) is 8.48. The molecule has 0 radical (unpaired) electrons. The number of amides is 1. The van der Waals surface area contributed by atoms with E-state index in [4.69, 9.17) is 9.47 Å². The average molecular weight is 407 g/mol. The molecule has 5 nitrogen and oxygen atoms in total. The molecule has 158 valence electrons. The summed E-state index contributed by atoms with van der Waals surface area (Å²) in [7, 11) is 0. The fourth-order valence-electron chi connectivity index (χ4n) is 4.82. The minimum absolute atomic E-state index is 0.0495. The number of hydrogen-bond donors (Lipinski definition) is 1. The van der Waals surface area contributed by atoms with E-state index in [1.54, 1.807) is 6.21 Å². The first kappa shape index (κ1) is 20.5. The first-order valence-electron chi connectivity index (χ1n) is 10.9. The number of nitrogens with one attached hydrogen (secondary N) is 1. The van der Waals surface area contributed by atoms with E-state index in [1.807, 2.05) is 55.5 Å². The monoisotopic (exact) mass is 406 g/mol. The summed E-state index contributed by atoms with van der Waals surface area (Å²) in [6.45, 7) is 5.21. The topological polar surface area (TPSA) is 59.9 Å². The number of fused-ring (bicyclic) bond motifs is 1. The number of benzene rings is 2. The molecule has 2 aromatic carbocycles. The molecular weight excluding hydrogens is 376 g/mol. The van der Waals surface area contributed by atoms with Crippen LogP contribution in [0, 0.1) is 17.3 Å². The first-order valence-corrected chi connectivity index (χ1v) is 10.9. The number of rotatable bonds is 8. The molecule has 3 atom stereocenters. The van der Waals surface area contributed by atoms with Gasteiger partial charge in [-0.3, -0.25) is 4.79 Å².